The SMILES string of the molecule is Cc1cc2c(O)c(-c3cc(C(=O)O)nn3C)ccc2[nH]1. The summed E-state index contributed by atoms with van der Waals surface area (Å²) >= 11 is 0. The van der Waals surface area contributed by atoms with Gasteiger partial charge in [0.1, 0.15) is 5.75 Å². The van der Waals surface area contributed by atoms with Crippen LogP contribution in [-0.2, 0) is 7.05 Å². The molecule has 2 heterocycles. The van der Waals surface area contributed by atoms with Crippen molar-refractivity contribution in [3.63, 3.8) is 0 Å². The molecule has 0 fully saturated rings. The van der Waals surface area contributed by atoms with Crippen LogP contribution in [0.2, 0.25) is 0 Å². The van der Waals surface area contributed by atoms with E-state index in [0.29, 0.717) is 16.6 Å². The molecule has 0 radical (unpaired) electrons. The van der Waals surface area contributed by atoms with Crippen LogP contribution in [0.3, 0.4) is 0 Å². The number of carboxylic acid groups (broad SMARTS) is 1. The number of H-pyrrole nitrogens is 1. The van der Waals surface area contributed by atoms with Gasteiger partial charge in [-0.05, 0) is 31.2 Å². The van der Waals surface area contributed by atoms with Gasteiger partial charge in [0.15, 0.2) is 5.69 Å². The Balaban J connectivity index is 2.24. The van der Waals surface area contributed by atoms with Gasteiger partial charge in [0.2, 0.25) is 0 Å². The van der Waals surface area contributed by atoms with Gasteiger partial charge in [0.05, 0.1) is 5.69 Å². The molecule has 6 nitrogen and oxygen atoms in total. The van der Waals surface area contributed by atoms with Crippen molar-refractivity contribution < 1.29 is 15.0 Å². The molecule has 0 spiro atoms. The number of nitrogens with one attached hydrogen (secondary N) is 1. The van der Waals surface area contributed by atoms with Gasteiger partial charge in [-0.1, -0.05) is 0 Å². The van der Waals surface area contributed by atoms with Crippen molar-refractivity contribution in [2.45, 2.75) is 6.92 Å². The monoisotopic (exact) mass is 271 g/mol. The van der Waals surface area contributed by atoms with Gasteiger partial charge in [-0.25, -0.2) is 4.79 Å². The number of rotatable bonds is 2. The molecule has 0 unspecified atom stereocenters. The van der Waals surface area contributed by atoms with Crippen LogP contribution in [0, 0.1) is 6.92 Å². The molecule has 0 aliphatic rings. The van der Waals surface area contributed by atoms with Gasteiger partial charge in [0.25, 0.3) is 0 Å². The van der Waals surface area contributed by atoms with Crippen molar-refractivity contribution in [3.8, 4) is 17.0 Å². The Bertz CT molecular complexity index is 830. The molecule has 102 valence electrons. The minimum absolute atomic E-state index is 0.0488. The van der Waals surface area contributed by atoms with E-state index in [1.165, 1.54) is 10.7 Å². The van der Waals surface area contributed by atoms with Crippen LogP contribution in [-0.4, -0.2) is 30.9 Å². The molecule has 2 aromatic heterocycles. The van der Waals surface area contributed by atoms with E-state index in [9.17, 15) is 9.90 Å². The van der Waals surface area contributed by atoms with Crippen LogP contribution in [0.25, 0.3) is 22.2 Å². The average molecular weight is 271 g/mol. The van der Waals surface area contributed by atoms with Crippen LogP contribution in [0.5, 0.6) is 5.75 Å². The van der Waals surface area contributed by atoms with E-state index >= 15 is 0 Å². The predicted molar refractivity (Wildman–Crippen MR) is 73.9 cm³/mol. The number of phenolic OH excluding ortho intramolecular Hbond substituents is 1. The van der Waals surface area contributed by atoms with Crippen LogP contribution in [0.4, 0.5) is 0 Å². The number of fused-ring (bicyclic) bond motifs is 1. The number of phenols is 1. The van der Waals surface area contributed by atoms with E-state index in [1.807, 2.05) is 19.1 Å². The maximum Gasteiger partial charge on any atom is 0.356 e. The molecular weight excluding hydrogens is 258 g/mol. The highest BCUT2D eigenvalue weighted by Crippen LogP contribution is 2.36. The molecule has 1 aromatic carbocycles. The average Bonchev–Trinajstić information content (AvgIpc) is 2.93. The van der Waals surface area contributed by atoms with Crippen molar-refractivity contribution in [3.05, 3.63) is 35.7 Å². The Hall–Kier alpha value is -2.76. The summed E-state index contributed by atoms with van der Waals surface area (Å²) in [5, 5.41) is 24.0. The Labute approximate surface area is 114 Å². The fourth-order valence-corrected chi connectivity index (χ4v) is 2.36. The molecule has 3 rings (SSSR count). The van der Waals surface area contributed by atoms with Crippen molar-refractivity contribution in [1.82, 2.24) is 14.8 Å². The standard InChI is InChI=1S/C14H13N3O3/c1-7-5-9-10(15-7)4-3-8(13(9)18)12-6-11(14(19)20)16-17(12)2/h3-6,15,18H,1-2H3,(H,19,20). The summed E-state index contributed by atoms with van der Waals surface area (Å²) in [7, 11) is 1.65. The first-order chi connectivity index (χ1) is 9.47. The van der Waals surface area contributed by atoms with E-state index < -0.39 is 5.97 Å². The number of aromatic amines is 1. The molecule has 3 N–H and O–H groups in total. The second kappa shape index (κ2) is 4.12. The van der Waals surface area contributed by atoms with E-state index in [0.717, 1.165) is 11.2 Å². The molecule has 0 aliphatic carbocycles. The lowest BCUT2D eigenvalue weighted by Crippen LogP contribution is -1.99. The third kappa shape index (κ3) is 1.73. The Morgan fingerprint density at radius 3 is 2.75 bits per heavy atom. The molecule has 0 aliphatic heterocycles. The lowest BCUT2D eigenvalue weighted by molar-refractivity contribution is 0.0689. The number of hydrogen-bond donors (Lipinski definition) is 3. The summed E-state index contributed by atoms with van der Waals surface area (Å²) in [5.74, 6) is -0.975. The lowest BCUT2D eigenvalue weighted by Gasteiger charge is -2.05. The van der Waals surface area contributed by atoms with E-state index in [1.54, 1.807) is 13.1 Å². The number of aryl methyl sites for hydroxylation is 2. The highest BCUT2D eigenvalue weighted by molar-refractivity contribution is 5.94. The van der Waals surface area contributed by atoms with Crippen LogP contribution in [0.1, 0.15) is 16.2 Å². The summed E-state index contributed by atoms with van der Waals surface area (Å²) in [6, 6.07) is 6.90. The third-order valence-corrected chi connectivity index (χ3v) is 3.28. The summed E-state index contributed by atoms with van der Waals surface area (Å²) < 4.78 is 1.45. The number of aromatic carboxylic acids is 1. The first kappa shape index (κ1) is 12.3. The van der Waals surface area contributed by atoms with Crippen LogP contribution < -0.4 is 0 Å². The number of aromatic hydroxyl groups is 1. The Morgan fingerprint density at radius 2 is 2.10 bits per heavy atom. The first-order valence-corrected chi connectivity index (χ1v) is 6.06. The summed E-state index contributed by atoms with van der Waals surface area (Å²) in [6.07, 6.45) is 0. The number of aromatic nitrogens is 3. The minimum atomic E-state index is -1.09. The predicted octanol–water partition coefficient (Wildman–Crippen LogP) is 2.28. The van der Waals surface area contributed by atoms with Crippen molar-refractivity contribution in [1.29, 1.82) is 0 Å². The summed E-state index contributed by atoms with van der Waals surface area (Å²) in [6.45, 7) is 1.91. The van der Waals surface area contributed by atoms with Gasteiger partial charge < -0.3 is 15.2 Å². The quantitative estimate of drug-likeness (QED) is 0.666. The largest absolute Gasteiger partial charge is 0.507 e. The second-order valence-electron chi connectivity index (χ2n) is 4.72. The van der Waals surface area contributed by atoms with Gasteiger partial charge in [-0.2, -0.15) is 5.10 Å². The normalized spacial score (nSPS) is 11.1. The third-order valence-electron chi connectivity index (χ3n) is 3.28. The maximum atomic E-state index is 11.0. The van der Waals surface area contributed by atoms with E-state index in [4.69, 9.17) is 5.11 Å². The van der Waals surface area contributed by atoms with Gasteiger partial charge >= 0.3 is 5.97 Å². The van der Waals surface area contributed by atoms with E-state index in [-0.39, 0.29) is 11.4 Å². The molecule has 0 saturated carbocycles. The highest BCUT2D eigenvalue weighted by atomic mass is 16.4. The zero-order valence-electron chi connectivity index (χ0n) is 11.0. The molecule has 6 heteroatoms. The smallest absolute Gasteiger partial charge is 0.356 e. The molecule has 0 amide bonds. The van der Waals surface area contributed by atoms with Crippen molar-refractivity contribution in [2.75, 3.05) is 0 Å². The number of hydrogen-bond acceptors (Lipinski definition) is 3. The molecule has 0 saturated heterocycles. The molecule has 20 heavy (non-hydrogen) atoms. The summed E-state index contributed by atoms with van der Waals surface area (Å²) in [5.41, 5.74) is 2.85. The maximum absolute atomic E-state index is 11.0. The van der Waals surface area contributed by atoms with Gasteiger partial charge in [-0.3, -0.25) is 4.68 Å². The second-order valence-corrected chi connectivity index (χ2v) is 4.72. The molecule has 3 aromatic rings. The fourth-order valence-electron chi connectivity index (χ4n) is 2.36. The first-order valence-electron chi connectivity index (χ1n) is 6.06. The highest BCUT2D eigenvalue weighted by Gasteiger charge is 2.17. The lowest BCUT2D eigenvalue weighted by atomic mass is 10.1. The molecule has 0 atom stereocenters. The molecule has 0 bridgehead atoms. The fraction of sp³-hybridized carbons (Fsp3) is 0.143. The van der Waals surface area contributed by atoms with Gasteiger partial charge in [-0.15, -0.1) is 0 Å². The number of carbonyl (C=O) groups is 1. The molecular formula is C14H13N3O3. The topological polar surface area (TPSA) is 91.1 Å². The Kier molecular flexibility index (Phi) is 2.53. The van der Waals surface area contributed by atoms with Crippen LogP contribution in [0.15, 0.2) is 24.3 Å². The zero-order valence-corrected chi connectivity index (χ0v) is 11.0. The number of carboxylic acids is 1. The van der Waals surface area contributed by atoms with Crippen molar-refractivity contribution >= 4 is 16.9 Å². The zero-order chi connectivity index (χ0) is 14.4. The minimum Gasteiger partial charge on any atom is -0.507 e. The number of nitrogens with zero attached hydrogens (tertiary/aromatic N) is 2. The van der Waals surface area contributed by atoms with Crippen LogP contribution >= 0.6 is 0 Å². The number of benzene rings is 1. The Morgan fingerprint density at radius 1 is 1.35 bits per heavy atom. The van der Waals surface area contributed by atoms with Gasteiger partial charge in [0, 0.05) is 29.2 Å². The van der Waals surface area contributed by atoms with E-state index in [2.05, 4.69) is 10.1 Å². The summed E-state index contributed by atoms with van der Waals surface area (Å²) in [4.78, 5) is 14.1. The van der Waals surface area contributed by atoms with Crippen molar-refractivity contribution in [2.24, 2.45) is 7.05 Å².